The van der Waals surface area contributed by atoms with Crippen molar-refractivity contribution in [2.45, 2.75) is 47.1 Å². The lowest BCUT2D eigenvalue weighted by molar-refractivity contribution is 0.772. The molecular weight excluding hydrogens is 282 g/mol. The molecule has 2 aromatic heterocycles. The Balaban J connectivity index is 2.26. The highest BCUT2D eigenvalue weighted by Crippen LogP contribution is 2.24. The molecule has 2 aromatic rings. The van der Waals surface area contributed by atoms with Crippen molar-refractivity contribution in [3.8, 4) is 0 Å². The van der Waals surface area contributed by atoms with E-state index in [9.17, 15) is 0 Å². The molecule has 0 atom stereocenters. The van der Waals surface area contributed by atoms with Gasteiger partial charge in [0.05, 0.1) is 17.7 Å². The van der Waals surface area contributed by atoms with Crippen molar-refractivity contribution in [2.75, 3.05) is 17.2 Å². The van der Waals surface area contributed by atoms with Gasteiger partial charge in [0.25, 0.3) is 0 Å². The molecule has 0 aliphatic heterocycles. The van der Waals surface area contributed by atoms with Crippen molar-refractivity contribution >= 4 is 23.0 Å². The van der Waals surface area contributed by atoms with Crippen molar-refractivity contribution in [1.82, 2.24) is 15.0 Å². The molecule has 5 nitrogen and oxygen atoms in total. The monoisotopic (exact) mass is 305 g/mol. The molecule has 0 unspecified atom stereocenters. The van der Waals surface area contributed by atoms with Crippen LogP contribution in [0.4, 0.5) is 11.6 Å². The summed E-state index contributed by atoms with van der Waals surface area (Å²) in [5.74, 6) is 2.98. The van der Waals surface area contributed by atoms with Crippen molar-refractivity contribution < 1.29 is 0 Å². The summed E-state index contributed by atoms with van der Waals surface area (Å²) in [6, 6.07) is 0. The number of hydrogen-bond donors (Lipinski definition) is 2. The van der Waals surface area contributed by atoms with Gasteiger partial charge in [-0.1, -0.05) is 13.8 Å². The first-order valence-electron chi connectivity index (χ1n) is 7.28. The van der Waals surface area contributed by atoms with E-state index in [1.165, 1.54) is 4.88 Å². The number of aryl methyl sites for hydroxylation is 1. The third-order valence-corrected chi connectivity index (χ3v) is 4.22. The first-order valence-corrected chi connectivity index (χ1v) is 8.16. The topological polar surface area (TPSA) is 62.7 Å². The predicted molar refractivity (Wildman–Crippen MR) is 89.2 cm³/mol. The third-order valence-electron chi connectivity index (χ3n) is 3.28. The van der Waals surface area contributed by atoms with Crippen LogP contribution in [-0.2, 0) is 6.54 Å². The molecule has 0 saturated carbocycles. The molecule has 2 N–H and O–H groups in total. The lowest BCUT2D eigenvalue weighted by atomic mass is 10.2. The molecule has 0 saturated heterocycles. The number of nitrogens with one attached hydrogen (secondary N) is 2. The molecule has 0 amide bonds. The molecule has 2 rings (SSSR count). The molecule has 6 heteroatoms. The summed E-state index contributed by atoms with van der Waals surface area (Å²) in [4.78, 5) is 14.8. The van der Waals surface area contributed by atoms with E-state index in [4.69, 9.17) is 0 Å². The van der Waals surface area contributed by atoms with Gasteiger partial charge in [-0.25, -0.2) is 15.0 Å². The molecule has 0 aromatic carbocycles. The Bertz CT molecular complexity index is 606. The molecule has 114 valence electrons. The van der Waals surface area contributed by atoms with Crippen LogP contribution in [0.15, 0.2) is 5.51 Å². The van der Waals surface area contributed by atoms with Gasteiger partial charge in [-0.05, 0) is 20.8 Å². The fourth-order valence-electron chi connectivity index (χ4n) is 1.96. The van der Waals surface area contributed by atoms with Gasteiger partial charge in [-0.2, -0.15) is 0 Å². The van der Waals surface area contributed by atoms with Gasteiger partial charge < -0.3 is 10.6 Å². The van der Waals surface area contributed by atoms with Crippen LogP contribution in [0, 0.1) is 13.8 Å². The molecule has 0 fully saturated rings. The highest BCUT2D eigenvalue weighted by Gasteiger charge is 2.13. The zero-order valence-electron chi connectivity index (χ0n) is 13.3. The van der Waals surface area contributed by atoms with Gasteiger partial charge >= 0.3 is 0 Å². The van der Waals surface area contributed by atoms with Crippen LogP contribution in [0.25, 0.3) is 0 Å². The van der Waals surface area contributed by atoms with Crippen LogP contribution in [0.3, 0.4) is 0 Å². The Morgan fingerprint density at radius 3 is 2.33 bits per heavy atom. The van der Waals surface area contributed by atoms with E-state index in [-0.39, 0.29) is 0 Å². The largest absolute Gasteiger partial charge is 0.370 e. The van der Waals surface area contributed by atoms with Crippen molar-refractivity contribution in [3.05, 3.63) is 27.5 Å². The third kappa shape index (κ3) is 3.69. The number of anilines is 2. The fourth-order valence-corrected chi connectivity index (χ4v) is 2.68. The smallest absolute Gasteiger partial charge is 0.135 e. The zero-order chi connectivity index (χ0) is 15.4. The second kappa shape index (κ2) is 6.85. The van der Waals surface area contributed by atoms with Crippen LogP contribution in [-0.4, -0.2) is 21.5 Å². The predicted octanol–water partition coefficient (Wildman–Crippen LogP) is 3.72. The molecule has 2 heterocycles. The Morgan fingerprint density at radius 1 is 1.14 bits per heavy atom. The maximum absolute atomic E-state index is 4.67. The van der Waals surface area contributed by atoms with E-state index in [1.54, 1.807) is 11.3 Å². The average Bonchev–Trinajstić information content (AvgIpc) is 2.85. The number of aromatic nitrogens is 3. The SMILES string of the molecule is CCNc1nc(C(C)C)nc(NCc2scnc2C)c1C. The van der Waals surface area contributed by atoms with Gasteiger partial charge in [0.1, 0.15) is 17.5 Å². The van der Waals surface area contributed by atoms with Crippen molar-refractivity contribution in [1.29, 1.82) is 0 Å². The van der Waals surface area contributed by atoms with E-state index < -0.39 is 0 Å². The van der Waals surface area contributed by atoms with Crippen molar-refractivity contribution in [3.63, 3.8) is 0 Å². The van der Waals surface area contributed by atoms with E-state index in [1.807, 2.05) is 19.4 Å². The summed E-state index contributed by atoms with van der Waals surface area (Å²) < 4.78 is 0. The highest BCUT2D eigenvalue weighted by atomic mass is 32.1. The first kappa shape index (κ1) is 15.7. The highest BCUT2D eigenvalue weighted by molar-refractivity contribution is 7.09. The maximum Gasteiger partial charge on any atom is 0.135 e. The minimum atomic E-state index is 0.300. The normalized spacial score (nSPS) is 11.0. The lowest BCUT2D eigenvalue weighted by Crippen LogP contribution is -2.12. The molecule has 0 radical (unpaired) electrons. The summed E-state index contributed by atoms with van der Waals surface area (Å²) in [5.41, 5.74) is 4.02. The van der Waals surface area contributed by atoms with Crippen molar-refractivity contribution in [2.24, 2.45) is 0 Å². The molecule has 0 bridgehead atoms. The summed E-state index contributed by atoms with van der Waals surface area (Å²) in [7, 11) is 0. The zero-order valence-corrected chi connectivity index (χ0v) is 14.1. The fraction of sp³-hybridized carbons (Fsp3) is 0.533. The van der Waals surface area contributed by atoms with Crippen LogP contribution in [0.2, 0.25) is 0 Å². The van der Waals surface area contributed by atoms with E-state index in [0.29, 0.717) is 5.92 Å². The molecule has 0 spiro atoms. The molecule has 0 aliphatic rings. The quantitative estimate of drug-likeness (QED) is 0.851. The Hall–Kier alpha value is -1.69. The second-order valence-electron chi connectivity index (χ2n) is 5.30. The second-order valence-corrected chi connectivity index (χ2v) is 6.24. The Kier molecular flexibility index (Phi) is 5.12. The van der Waals surface area contributed by atoms with E-state index >= 15 is 0 Å². The number of rotatable bonds is 6. The summed E-state index contributed by atoms with van der Waals surface area (Å²) in [5, 5.41) is 6.74. The number of thiazole rings is 1. The van der Waals surface area contributed by atoms with E-state index in [0.717, 1.165) is 41.8 Å². The Morgan fingerprint density at radius 2 is 1.81 bits per heavy atom. The van der Waals surface area contributed by atoms with Gasteiger partial charge in [0, 0.05) is 22.9 Å². The van der Waals surface area contributed by atoms with Gasteiger partial charge in [0.2, 0.25) is 0 Å². The summed E-state index contributed by atoms with van der Waals surface area (Å²) in [6.07, 6.45) is 0. The van der Waals surface area contributed by atoms with Crippen LogP contribution >= 0.6 is 11.3 Å². The van der Waals surface area contributed by atoms with Gasteiger partial charge in [-0.3, -0.25) is 0 Å². The van der Waals surface area contributed by atoms with E-state index in [2.05, 4.69) is 46.4 Å². The summed E-state index contributed by atoms with van der Waals surface area (Å²) in [6.45, 7) is 12.0. The molecule has 21 heavy (non-hydrogen) atoms. The Labute approximate surface area is 130 Å². The van der Waals surface area contributed by atoms with Gasteiger partial charge in [0.15, 0.2) is 0 Å². The van der Waals surface area contributed by atoms with Crippen LogP contribution in [0.1, 0.15) is 48.6 Å². The average molecular weight is 305 g/mol. The van der Waals surface area contributed by atoms with Crippen LogP contribution in [0.5, 0.6) is 0 Å². The van der Waals surface area contributed by atoms with Gasteiger partial charge in [-0.15, -0.1) is 11.3 Å². The summed E-state index contributed by atoms with van der Waals surface area (Å²) >= 11 is 1.67. The number of nitrogens with zero attached hydrogens (tertiary/aromatic N) is 3. The van der Waals surface area contributed by atoms with Crippen LogP contribution < -0.4 is 10.6 Å². The first-order chi connectivity index (χ1) is 10.0. The minimum absolute atomic E-state index is 0.300. The minimum Gasteiger partial charge on any atom is -0.370 e. The molecule has 0 aliphatic carbocycles. The number of hydrogen-bond acceptors (Lipinski definition) is 6. The lowest BCUT2D eigenvalue weighted by Gasteiger charge is -2.15. The maximum atomic E-state index is 4.67. The standard InChI is InChI=1S/C15H23N5S/c1-6-16-14-10(4)15(20-13(19-14)9(2)3)17-7-12-11(5)18-8-21-12/h8-9H,6-7H2,1-5H3,(H2,16,17,19,20). The molecular formula is C15H23N5S.